The molecule has 3 rings (SSSR count). The topological polar surface area (TPSA) is 46.2 Å². The Morgan fingerprint density at radius 2 is 1.58 bits per heavy atom. The summed E-state index contributed by atoms with van der Waals surface area (Å²) in [5, 5.41) is 3.14. The Kier molecular flexibility index (Phi) is 6.74. The predicted molar refractivity (Wildman–Crippen MR) is 111 cm³/mol. The third-order valence-electron chi connectivity index (χ3n) is 3.83. The number of nitrogens with one attached hydrogen (secondary N) is 1. The fourth-order valence-corrected chi connectivity index (χ4v) is 4.44. The lowest BCUT2D eigenvalue weighted by Crippen LogP contribution is -2.02. The maximum atomic E-state index is 13.2. The summed E-state index contributed by atoms with van der Waals surface area (Å²) in [5.74, 6) is -0.269. The van der Waals surface area contributed by atoms with Crippen LogP contribution in [0.3, 0.4) is 0 Å². The Morgan fingerprint density at radius 1 is 1.00 bits per heavy atom. The van der Waals surface area contributed by atoms with Crippen LogP contribution in [0.1, 0.15) is 4.88 Å². The monoisotopic (exact) mass is 455 g/mol. The van der Waals surface area contributed by atoms with Gasteiger partial charge in [0.15, 0.2) is 9.84 Å². The Morgan fingerprint density at radius 3 is 2.12 bits per heavy atom. The van der Waals surface area contributed by atoms with Crippen molar-refractivity contribution in [2.24, 2.45) is 0 Å². The molecule has 0 fully saturated rings. The maximum absolute atomic E-state index is 13.2. The third kappa shape index (κ3) is 4.59. The van der Waals surface area contributed by atoms with Gasteiger partial charge in [-0.05, 0) is 48.5 Å². The van der Waals surface area contributed by atoms with E-state index in [1.807, 2.05) is 19.2 Å². The highest BCUT2D eigenvalue weighted by atomic mass is 79.9. The average molecular weight is 456 g/mol. The summed E-state index contributed by atoms with van der Waals surface area (Å²) in [6.07, 6.45) is 1.20. The van der Waals surface area contributed by atoms with Gasteiger partial charge < -0.3 is 5.32 Å². The molecule has 7 heteroatoms. The molecule has 0 radical (unpaired) electrons. The summed E-state index contributed by atoms with van der Waals surface area (Å²) in [6, 6.07) is 15.4. The lowest BCUT2D eigenvalue weighted by Gasteiger charge is -2.06. The van der Waals surface area contributed by atoms with Crippen molar-refractivity contribution in [2.45, 2.75) is 11.4 Å². The van der Waals surface area contributed by atoms with Crippen LogP contribution in [-0.4, -0.2) is 21.7 Å². The first kappa shape index (κ1) is 20.8. The van der Waals surface area contributed by atoms with E-state index in [2.05, 4.69) is 11.4 Å². The van der Waals surface area contributed by atoms with Gasteiger partial charge >= 0.3 is 0 Å². The Labute approximate surface area is 167 Å². The van der Waals surface area contributed by atoms with E-state index in [1.165, 1.54) is 18.4 Å². The van der Waals surface area contributed by atoms with Gasteiger partial charge in [0.05, 0.1) is 4.90 Å². The van der Waals surface area contributed by atoms with Crippen molar-refractivity contribution in [3.8, 4) is 21.6 Å². The number of benzene rings is 2. The van der Waals surface area contributed by atoms with Crippen LogP contribution in [0, 0.1) is 5.82 Å². The summed E-state index contributed by atoms with van der Waals surface area (Å²) in [5.41, 5.74) is 2.89. The van der Waals surface area contributed by atoms with Crippen molar-refractivity contribution in [3.05, 3.63) is 65.3 Å². The lowest BCUT2D eigenvalue weighted by atomic mass is 10.0. The van der Waals surface area contributed by atoms with Gasteiger partial charge in [-0.1, -0.05) is 24.3 Å². The minimum Gasteiger partial charge on any atom is -0.315 e. The van der Waals surface area contributed by atoms with Crippen molar-refractivity contribution in [1.29, 1.82) is 0 Å². The van der Waals surface area contributed by atoms with Crippen molar-refractivity contribution >= 4 is 38.2 Å². The van der Waals surface area contributed by atoms with Crippen LogP contribution in [0.25, 0.3) is 21.6 Å². The fraction of sp³-hybridized carbons (Fsp3) is 0.158. The summed E-state index contributed by atoms with van der Waals surface area (Å²) in [6.45, 7) is 0.736. The molecule has 1 heterocycles. The average Bonchev–Trinajstić information content (AvgIpc) is 2.99. The van der Waals surface area contributed by atoms with Crippen LogP contribution in [0.15, 0.2) is 59.5 Å². The highest BCUT2D eigenvalue weighted by Gasteiger charge is 2.14. The van der Waals surface area contributed by atoms with E-state index in [9.17, 15) is 12.8 Å². The Balaban J connectivity index is 0.00000243. The number of sulfone groups is 1. The molecule has 1 N–H and O–H groups in total. The normalized spacial score (nSPS) is 11.2. The van der Waals surface area contributed by atoms with Crippen LogP contribution in [0.2, 0.25) is 0 Å². The maximum Gasteiger partial charge on any atom is 0.175 e. The number of halogens is 2. The van der Waals surface area contributed by atoms with Crippen LogP contribution in [-0.2, 0) is 16.4 Å². The third-order valence-corrected chi connectivity index (χ3v) is 6.15. The van der Waals surface area contributed by atoms with Crippen LogP contribution >= 0.6 is 28.3 Å². The fourth-order valence-electron chi connectivity index (χ4n) is 2.62. The van der Waals surface area contributed by atoms with Gasteiger partial charge in [-0.3, -0.25) is 0 Å². The number of hydrogen-bond acceptors (Lipinski definition) is 4. The first-order chi connectivity index (χ1) is 11.9. The van der Waals surface area contributed by atoms with Gasteiger partial charge in [0.1, 0.15) is 5.82 Å². The van der Waals surface area contributed by atoms with E-state index < -0.39 is 9.84 Å². The highest BCUT2D eigenvalue weighted by Crippen LogP contribution is 2.39. The standard InChI is InChI=1S/C19H18FNO2S2.BrH/c1-21-12-16-11-18(13-5-9-17(10-6-13)25(2,22)23)19(24-16)14-3-7-15(20)8-4-14;/h3-11,21H,12H2,1-2H3;1H. The molecule has 3 aromatic rings. The molecule has 0 bridgehead atoms. The second-order valence-electron chi connectivity index (χ2n) is 5.79. The van der Waals surface area contributed by atoms with Crippen LogP contribution < -0.4 is 5.32 Å². The van der Waals surface area contributed by atoms with Gasteiger partial charge in [0.25, 0.3) is 0 Å². The van der Waals surface area contributed by atoms with Gasteiger partial charge in [-0.25, -0.2) is 12.8 Å². The van der Waals surface area contributed by atoms with Crippen LogP contribution in [0.5, 0.6) is 0 Å². The molecule has 0 spiro atoms. The molecule has 0 aliphatic carbocycles. The lowest BCUT2D eigenvalue weighted by molar-refractivity contribution is 0.602. The minimum atomic E-state index is -3.22. The van der Waals surface area contributed by atoms with E-state index in [0.717, 1.165) is 33.0 Å². The number of hydrogen-bond donors (Lipinski definition) is 1. The van der Waals surface area contributed by atoms with Gasteiger partial charge in [-0.15, -0.1) is 28.3 Å². The zero-order valence-corrected chi connectivity index (χ0v) is 17.7. The van der Waals surface area contributed by atoms with Gasteiger partial charge in [-0.2, -0.15) is 0 Å². The molecule has 0 saturated carbocycles. The first-order valence-corrected chi connectivity index (χ1v) is 10.4. The van der Waals surface area contributed by atoms with E-state index in [-0.39, 0.29) is 22.8 Å². The Hall–Kier alpha value is -1.54. The zero-order valence-electron chi connectivity index (χ0n) is 14.3. The molecule has 1 aromatic heterocycles. The van der Waals surface area contributed by atoms with Crippen LogP contribution in [0.4, 0.5) is 4.39 Å². The molecule has 0 atom stereocenters. The molecule has 3 nitrogen and oxygen atoms in total. The molecule has 2 aromatic carbocycles. The molecule has 0 aliphatic rings. The molecule has 138 valence electrons. The number of rotatable bonds is 5. The zero-order chi connectivity index (χ0) is 18.0. The summed E-state index contributed by atoms with van der Waals surface area (Å²) >= 11 is 1.64. The van der Waals surface area contributed by atoms with E-state index in [4.69, 9.17) is 0 Å². The van der Waals surface area contributed by atoms with Crippen molar-refractivity contribution in [2.75, 3.05) is 13.3 Å². The van der Waals surface area contributed by atoms with E-state index >= 15 is 0 Å². The smallest absolute Gasteiger partial charge is 0.175 e. The highest BCUT2D eigenvalue weighted by molar-refractivity contribution is 8.93. The van der Waals surface area contributed by atoms with Gasteiger partial charge in [0, 0.05) is 28.1 Å². The molecular weight excluding hydrogens is 437 g/mol. The summed E-state index contributed by atoms with van der Waals surface area (Å²) < 4.78 is 36.5. The first-order valence-electron chi connectivity index (χ1n) is 7.72. The van der Waals surface area contributed by atoms with Gasteiger partial charge in [0.2, 0.25) is 0 Å². The molecule has 0 unspecified atom stereocenters. The molecule has 0 amide bonds. The quantitative estimate of drug-likeness (QED) is 0.593. The van der Waals surface area contributed by atoms with E-state index in [1.54, 1.807) is 35.6 Å². The SMILES string of the molecule is Br.CNCc1cc(-c2ccc(S(C)(=O)=O)cc2)c(-c2ccc(F)cc2)s1. The summed E-state index contributed by atoms with van der Waals surface area (Å²) in [7, 11) is -1.33. The van der Waals surface area contributed by atoms with Crippen molar-refractivity contribution < 1.29 is 12.8 Å². The van der Waals surface area contributed by atoms with Crippen molar-refractivity contribution in [3.63, 3.8) is 0 Å². The molecule has 0 saturated heterocycles. The Bertz CT molecular complexity index is 981. The molecule has 0 aliphatic heterocycles. The van der Waals surface area contributed by atoms with Crippen molar-refractivity contribution in [1.82, 2.24) is 5.32 Å². The largest absolute Gasteiger partial charge is 0.315 e. The number of thiophene rings is 1. The minimum absolute atomic E-state index is 0. The molecule has 26 heavy (non-hydrogen) atoms. The summed E-state index contributed by atoms with van der Waals surface area (Å²) in [4.78, 5) is 2.49. The second-order valence-corrected chi connectivity index (χ2v) is 8.94. The predicted octanol–water partition coefficient (Wildman–Crippen LogP) is 4.92. The van der Waals surface area contributed by atoms with E-state index in [0.29, 0.717) is 4.90 Å². The molecular formula is C19H19BrFNO2S2. The second kappa shape index (κ2) is 8.43.